The first-order valence-corrected chi connectivity index (χ1v) is 7.26. The second-order valence-electron chi connectivity index (χ2n) is 5.04. The van der Waals surface area contributed by atoms with Gasteiger partial charge in [0.05, 0.1) is 20.1 Å². The van der Waals surface area contributed by atoms with Gasteiger partial charge in [0.25, 0.3) is 0 Å². The van der Waals surface area contributed by atoms with E-state index in [0.717, 1.165) is 17.1 Å². The molecule has 0 aliphatic rings. The molecule has 0 heterocycles. The fraction of sp³-hybridized carbons (Fsp3) is 0.278. The lowest BCUT2D eigenvalue weighted by Gasteiger charge is -2.08. The third-order valence-electron chi connectivity index (χ3n) is 3.24. The van der Waals surface area contributed by atoms with Crippen LogP contribution in [0.15, 0.2) is 48.5 Å². The lowest BCUT2D eigenvalue weighted by Crippen LogP contribution is -2.24. The van der Waals surface area contributed by atoms with Crippen molar-refractivity contribution in [2.24, 2.45) is 0 Å². The third kappa shape index (κ3) is 5.13. The minimum atomic E-state index is -0.0325. The molecular formula is C18H21NO3. The average molecular weight is 299 g/mol. The van der Waals surface area contributed by atoms with E-state index in [-0.39, 0.29) is 5.91 Å². The summed E-state index contributed by atoms with van der Waals surface area (Å²) >= 11 is 0. The number of methoxy groups -OCH3 is 1. The highest BCUT2D eigenvalue weighted by molar-refractivity contribution is 5.76. The van der Waals surface area contributed by atoms with Crippen molar-refractivity contribution < 1.29 is 14.3 Å². The van der Waals surface area contributed by atoms with Gasteiger partial charge in [-0.3, -0.25) is 4.79 Å². The van der Waals surface area contributed by atoms with E-state index in [0.29, 0.717) is 19.6 Å². The molecule has 4 nitrogen and oxygen atoms in total. The summed E-state index contributed by atoms with van der Waals surface area (Å²) in [5.74, 6) is 1.54. The van der Waals surface area contributed by atoms with Gasteiger partial charge in [-0.25, -0.2) is 0 Å². The molecule has 0 spiro atoms. The van der Waals surface area contributed by atoms with Gasteiger partial charge < -0.3 is 14.8 Å². The minimum absolute atomic E-state index is 0.0325. The normalized spacial score (nSPS) is 10.1. The molecule has 2 rings (SSSR count). The van der Waals surface area contributed by atoms with E-state index in [1.807, 2.05) is 55.5 Å². The first kappa shape index (κ1) is 15.9. The van der Waals surface area contributed by atoms with Crippen molar-refractivity contribution in [2.75, 3.05) is 13.7 Å². The van der Waals surface area contributed by atoms with Crippen LogP contribution in [-0.2, 0) is 11.3 Å². The monoisotopic (exact) mass is 299 g/mol. The number of benzene rings is 2. The topological polar surface area (TPSA) is 47.6 Å². The Hall–Kier alpha value is -2.49. The number of carbonyl (C=O) groups excluding carboxylic acids is 1. The Morgan fingerprint density at radius 3 is 2.59 bits per heavy atom. The van der Waals surface area contributed by atoms with E-state index < -0.39 is 0 Å². The summed E-state index contributed by atoms with van der Waals surface area (Å²) in [7, 11) is 1.63. The molecule has 0 saturated heterocycles. The maximum absolute atomic E-state index is 11.8. The number of rotatable bonds is 7. The molecule has 22 heavy (non-hydrogen) atoms. The third-order valence-corrected chi connectivity index (χ3v) is 3.24. The van der Waals surface area contributed by atoms with Crippen molar-refractivity contribution in [3.05, 3.63) is 59.7 Å². The van der Waals surface area contributed by atoms with Gasteiger partial charge in [0.1, 0.15) is 11.5 Å². The summed E-state index contributed by atoms with van der Waals surface area (Å²) < 4.78 is 10.7. The van der Waals surface area contributed by atoms with Gasteiger partial charge in [0.2, 0.25) is 5.91 Å². The number of hydrogen-bond donors (Lipinski definition) is 1. The Balaban J connectivity index is 1.70. The predicted octanol–water partition coefficient (Wildman–Crippen LogP) is 3.09. The Labute approximate surface area is 131 Å². The smallest absolute Gasteiger partial charge is 0.223 e. The van der Waals surface area contributed by atoms with Crippen LogP contribution in [0.5, 0.6) is 11.5 Å². The summed E-state index contributed by atoms with van der Waals surface area (Å²) in [6, 6.07) is 15.4. The van der Waals surface area contributed by atoms with Gasteiger partial charge in [-0.05, 0) is 36.8 Å². The molecule has 0 radical (unpaired) electrons. The molecule has 2 aromatic rings. The standard InChI is InChI=1S/C18H21NO3/c1-14-6-8-16(9-7-14)22-11-10-18(20)19-13-15-4-3-5-17(12-15)21-2/h3-9,12H,10-11,13H2,1-2H3,(H,19,20). The first-order chi connectivity index (χ1) is 10.7. The maximum Gasteiger partial charge on any atom is 0.223 e. The Morgan fingerprint density at radius 1 is 1.09 bits per heavy atom. The zero-order chi connectivity index (χ0) is 15.8. The molecule has 0 unspecified atom stereocenters. The van der Waals surface area contributed by atoms with Gasteiger partial charge in [-0.1, -0.05) is 29.8 Å². The largest absolute Gasteiger partial charge is 0.497 e. The number of carbonyl (C=O) groups is 1. The molecule has 0 aliphatic carbocycles. The Kier molecular flexibility index (Phi) is 5.83. The zero-order valence-electron chi connectivity index (χ0n) is 13.0. The molecule has 2 aromatic carbocycles. The van der Waals surface area contributed by atoms with Crippen molar-refractivity contribution in [2.45, 2.75) is 19.9 Å². The van der Waals surface area contributed by atoms with Crippen molar-refractivity contribution in [1.29, 1.82) is 0 Å². The minimum Gasteiger partial charge on any atom is -0.497 e. The lowest BCUT2D eigenvalue weighted by molar-refractivity contribution is -0.121. The van der Waals surface area contributed by atoms with Crippen molar-refractivity contribution in [3.8, 4) is 11.5 Å². The van der Waals surface area contributed by atoms with Crippen LogP contribution in [0.1, 0.15) is 17.5 Å². The SMILES string of the molecule is COc1cccc(CNC(=O)CCOc2ccc(C)cc2)c1. The Bertz CT molecular complexity index is 608. The molecule has 1 amide bonds. The van der Waals surface area contributed by atoms with Crippen molar-refractivity contribution >= 4 is 5.91 Å². The van der Waals surface area contributed by atoms with E-state index >= 15 is 0 Å². The molecule has 0 atom stereocenters. The molecule has 0 saturated carbocycles. The zero-order valence-corrected chi connectivity index (χ0v) is 13.0. The van der Waals surface area contributed by atoms with Crippen LogP contribution < -0.4 is 14.8 Å². The van der Waals surface area contributed by atoms with Crippen LogP contribution in [0.2, 0.25) is 0 Å². The van der Waals surface area contributed by atoms with Gasteiger partial charge in [0.15, 0.2) is 0 Å². The molecule has 0 aliphatic heterocycles. The second kappa shape index (κ2) is 8.08. The summed E-state index contributed by atoms with van der Waals surface area (Å²) in [6.07, 6.45) is 0.331. The summed E-state index contributed by atoms with van der Waals surface area (Å²) in [4.78, 5) is 11.8. The van der Waals surface area contributed by atoms with Crippen LogP contribution >= 0.6 is 0 Å². The quantitative estimate of drug-likeness (QED) is 0.854. The molecule has 0 fully saturated rings. The van der Waals surface area contributed by atoms with E-state index in [2.05, 4.69) is 5.32 Å². The highest BCUT2D eigenvalue weighted by Crippen LogP contribution is 2.13. The fourth-order valence-corrected chi connectivity index (χ4v) is 1.97. The summed E-state index contributed by atoms with van der Waals surface area (Å²) in [5.41, 5.74) is 2.19. The number of hydrogen-bond acceptors (Lipinski definition) is 3. The van der Waals surface area contributed by atoms with Crippen LogP contribution in [0.4, 0.5) is 0 Å². The van der Waals surface area contributed by atoms with Gasteiger partial charge in [0, 0.05) is 6.54 Å². The number of nitrogens with one attached hydrogen (secondary N) is 1. The summed E-state index contributed by atoms with van der Waals surface area (Å²) in [6.45, 7) is 2.88. The maximum atomic E-state index is 11.8. The molecule has 4 heteroatoms. The van der Waals surface area contributed by atoms with Crippen LogP contribution in [0, 0.1) is 6.92 Å². The van der Waals surface area contributed by atoms with Crippen LogP contribution in [0.25, 0.3) is 0 Å². The van der Waals surface area contributed by atoms with Gasteiger partial charge in [-0.2, -0.15) is 0 Å². The van der Waals surface area contributed by atoms with E-state index in [1.165, 1.54) is 5.56 Å². The number of amides is 1. The van der Waals surface area contributed by atoms with E-state index in [4.69, 9.17) is 9.47 Å². The van der Waals surface area contributed by atoms with Crippen molar-refractivity contribution in [1.82, 2.24) is 5.32 Å². The van der Waals surface area contributed by atoms with Gasteiger partial charge >= 0.3 is 0 Å². The summed E-state index contributed by atoms with van der Waals surface area (Å²) in [5, 5.41) is 2.87. The number of ether oxygens (including phenoxy) is 2. The Morgan fingerprint density at radius 2 is 1.86 bits per heavy atom. The highest BCUT2D eigenvalue weighted by atomic mass is 16.5. The lowest BCUT2D eigenvalue weighted by atomic mass is 10.2. The highest BCUT2D eigenvalue weighted by Gasteiger charge is 2.03. The molecular weight excluding hydrogens is 278 g/mol. The molecule has 0 bridgehead atoms. The average Bonchev–Trinajstić information content (AvgIpc) is 2.55. The van der Waals surface area contributed by atoms with Gasteiger partial charge in [-0.15, -0.1) is 0 Å². The van der Waals surface area contributed by atoms with Crippen LogP contribution in [-0.4, -0.2) is 19.6 Å². The second-order valence-corrected chi connectivity index (χ2v) is 5.04. The van der Waals surface area contributed by atoms with E-state index in [1.54, 1.807) is 7.11 Å². The number of aryl methyl sites for hydroxylation is 1. The fourth-order valence-electron chi connectivity index (χ4n) is 1.97. The van der Waals surface area contributed by atoms with Crippen molar-refractivity contribution in [3.63, 3.8) is 0 Å². The molecule has 116 valence electrons. The van der Waals surface area contributed by atoms with E-state index in [9.17, 15) is 4.79 Å². The molecule has 1 N–H and O–H groups in total. The first-order valence-electron chi connectivity index (χ1n) is 7.26. The molecule has 0 aromatic heterocycles. The predicted molar refractivity (Wildman–Crippen MR) is 86.1 cm³/mol. The van der Waals surface area contributed by atoms with Crippen LogP contribution in [0.3, 0.4) is 0 Å².